The number of aromatic nitrogens is 5. The topological polar surface area (TPSA) is 103 Å². The van der Waals surface area contributed by atoms with E-state index in [1.807, 2.05) is 22.8 Å². The van der Waals surface area contributed by atoms with E-state index in [1.54, 1.807) is 6.20 Å². The Bertz CT molecular complexity index is 1550. The first kappa shape index (κ1) is 21.3. The van der Waals surface area contributed by atoms with Crippen LogP contribution in [-0.4, -0.2) is 24.6 Å². The van der Waals surface area contributed by atoms with Gasteiger partial charge in [0.15, 0.2) is 0 Å². The van der Waals surface area contributed by atoms with Gasteiger partial charge in [0.25, 0.3) is 0 Å². The monoisotopic (exact) mass is 465 g/mol. The van der Waals surface area contributed by atoms with Crippen molar-refractivity contribution in [1.82, 2.24) is 24.6 Å². The predicted octanol–water partition coefficient (Wildman–Crippen LogP) is 4.94. The number of nitrogens with two attached hydrogens (primary N) is 1. The second-order valence-corrected chi connectivity index (χ2v) is 9.21. The third-order valence-corrected chi connectivity index (χ3v) is 6.76. The van der Waals surface area contributed by atoms with Gasteiger partial charge in [0.1, 0.15) is 30.3 Å². The molecule has 1 aliphatic carbocycles. The molecule has 3 N–H and O–H groups in total. The third-order valence-electron chi connectivity index (χ3n) is 6.76. The quantitative estimate of drug-likeness (QED) is 0.351. The number of rotatable bonds is 7. The minimum absolute atomic E-state index is 0.343. The number of nitrogens with zero attached hydrogens (tertiary/aromatic N) is 5. The molecule has 8 nitrogen and oxygen atoms in total. The van der Waals surface area contributed by atoms with E-state index in [4.69, 9.17) is 10.5 Å². The van der Waals surface area contributed by atoms with Crippen LogP contribution in [0.15, 0.2) is 55.1 Å². The molecule has 4 heterocycles. The number of nitrogen functional groups attached to an aromatic ring is 1. The molecule has 4 aromatic heterocycles. The summed E-state index contributed by atoms with van der Waals surface area (Å²) in [6, 6.07) is 12.4. The minimum atomic E-state index is 0.343. The molecule has 0 bridgehead atoms. The Labute approximate surface area is 203 Å². The van der Waals surface area contributed by atoms with Gasteiger partial charge in [0.2, 0.25) is 5.88 Å². The van der Waals surface area contributed by atoms with E-state index in [9.17, 15) is 0 Å². The minimum Gasteiger partial charge on any atom is -0.471 e. The first-order valence-electron chi connectivity index (χ1n) is 11.9. The number of pyridine rings is 2. The Morgan fingerprint density at radius 2 is 1.94 bits per heavy atom. The molecule has 0 radical (unpaired) electrons. The largest absolute Gasteiger partial charge is 0.471 e. The van der Waals surface area contributed by atoms with Gasteiger partial charge in [-0.05, 0) is 90.6 Å². The normalized spacial score (nSPS) is 13.4. The Morgan fingerprint density at radius 1 is 1.06 bits per heavy atom. The number of ether oxygens (including phenoxy) is 1. The summed E-state index contributed by atoms with van der Waals surface area (Å²) >= 11 is 0. The van der Waals surface area contributed by atoms with Gasteiger partial charge < -0.3 is 15.8 Å². The fourth-order valence-corrected chi connectivity index (χ4v) is 4.65. The van der Waals surface area contributed by atoms with Gasteiger partial charge >= 0.3 is 0 Å². The first-order chi connectivity index (χ1) is 17.0. The molecule has 0 unspecified atom stereocenters. The number of aryl methyl sites for hydroxylation is 2. The van der Waals surface area contributed by atoms with Crippen LogP contribution in [-0.2, 0) is 13.2 Å². The summed E-state index contributed by atoms with van der Waals surface area (Å²) in [5, 5.41) is 10.1. The molecule has 35 heavy (non-hydrogen) atoms. The third kappa shape index (κ3) is 4.23. The van der Waals surface area contributed by atoms with Crippen molar-refractivity contribution in [1.29, 1.82) is 0 Å². The fraction of sp³-hybridized carbons (Fsp3) is 0.259. The van der Waals surface area contributed by atoms with Crippen molar-refractivity contribution in [2.24, 2.45) is 0 Å². The Balaban J connectivity index is 1.15. The molecule has 0 atom stereocenters. The maximum atomic E-state index is 6.08. The van der Waals surface area contributed by atoms with Crippen LogP contribution >= 0.6 is 0 Å². The maximum absolute atomic E-state index is 6.08. The number of anilines is 2. The lowest BCUT2D eigenvalue weighted by Crippen LogP contribution is -2.07. The molecular formula is C27H27N7O. The summed E-state index contributed by atoms with van der Waals surface area (Å²) in [6.07, 6.45) is 7.86. The van der Waals surface area contributed by atoms with E-state index in [0.29, 0.717) is 30.7 Å². The fourth-order valence-electron chi connectivity index (χ4n) is 4.65. The van der Waals surface area contributed by atoms with Crippen molar-refractivity contribution >= 4 is 27.9 Å². The van der Waals surface area contributed by atoms with Gasteiger partial charge in [0, 0.05) is 30.4 Å². The highest BCUT2D eigenvalue weighted by Crippen LogP contribution is 2.40. The van der Waals surface area contributed by atoms with E-state index in [-0.39, 0.29) is 0 Å². The molecule has 1 fully saturated rings. The standard InChI is InChI=1S/C27H27N7O/c1-16-9-23-22(5-7-29-27(23)28)17(2)24(16)13-30-25-12-26(32-15-31-25)35-14-20-11-21-10-19(18-3-4-18)6-8-34(21)33-20/h5-12,15,18H,3-4,13-14H2,1-2H3,(H2,28,29)(H,30,31,32). The lowest BCUT2D eigenvalue weighted by molar-refractivity contribution is 0.288. The number of hydrogen-bond acceptors (Lipinski definition) is 7. The maximum Gasteiger partial charge on any atom is 0.218 e. The Kier molecular flexibility index (Phi) is 5.21. The van der Waals surface area contributed by atoms with Gasteiger partial charge in [-0.25, -0.2) is 19.5 Å². The van der Waals surface area contributed by atoms with Crippen LogP contribution in [0.4, 0.5) is 11.6 Å². The second-order valence-electron chi connectivity index (χ2n) is 9.21. The van der Waals surface area contributed by atoms with E-state index in [2.05, 4.69) is 63.5 Å². The molecule has 0 amide bonds. The molecule has 0 saturated heterocycles. The number of fused-ring (bicyclic) bond motifs is 2. The van der Waals surface area contributed by atoms with Crippen LogP contribution in [0.5, 0.6) is 5.88 Å². The highest BCUT2D eigenvalue weighted by atomic mass is 16.5. The highest BCUT2D eigenvalue weighted by Gasteiger charge is 2.23. The van der Waals surface area contributed by atoms with Gasteiger partial charge in [-0.2, -0.15) is 5.10 Å². The molecular weight excluding hydrogens is 438 g/mol. The van der Waals surface area contributed by atoms with Crippen LogP contribution < -0.4 is 15.8 Å². The molecule has 5 aromatic rings. The lowest BCUT2D eigenvalue weighted by atomic mass is 9.96. The van der Waals surface area contributed by atoms with Crippen molar-refractivity contribution in [3.05, 3.63) is 83.1 Å². The SMILES string of the molecule is Cc1cc2c(N)nccc2c(C)c1CNc1cc(OCc2cc3cc(C4CC4)ccn3n2)ncn1. The van der Waals surface area contributed by atoms with Crippen molar-refractivity contribution in [2.45, 2.75) is 45.8 Å². The summed E-state index contributed by atoms with van der Waals surface area (Å²) in [6.45, 7) is 5.17. The molecule has 0 aliphatic heterocycles. The molecule has 0 spiro atoms. The first-order valence-corrected chi connectivity index (χ1v) is 11.9. The van der Waals surface area contributed by atoms with Gasteiger partial charge in [-0.1, -0.05) is 0 Å². The summed E-state index contributed by atoms with van der Waals surface area (Å²) in [5.41, 5.74) is 13.0. The van der Waals surface area contributed by atoms with Crippen LogP contribution in [0.3, 0.4) is 0 Å². The molecule has 176 valence electrons. The number of hydrogen-bond donors (Lipinski definition) is 2. The summed E-state index contributed by atoms with van der Waals surface area (Å²) in [7, 11) is 0. The van der Waals surface area contributed by atoms with Crippen molar-refractivity contribution in [3.8, 4) is 5.88 Å². The van der Waals surface area contributed by atoms with Crippen molar-refractivity contribution in [2.75, 3.05) is 11.1 Å². The predicted molar refractivity (Wildman–Crippen MR) is 136 cm³/mol. The van der Waals surface area contributed by atoms with Gasteiger partial charge in [-0.3, -0.25) is 0 Å². The molecule has 1 saturated carbocycles. The molecule has 6 rings (SSSR count). The summed E-state index contributed by atoms with van der Waals surface area (Å²) < 4.78 is 7.83. The number of nitrogens with one attached hydrogen (secondary N) is 1. The zero-order valence-corrected chi connectivity index (χ0v) is 19.8. The van der Waals surface area contributed by atoms with Crippen molar-refractivity contribution < 1.29 is 4.74 Å². The second kappa shape index (κ2) is 8.54. The summed E-state index contributed by atoms with van der Waals surface area (Å²) in [5.74, 6) is 2.48. The Morgan fingerprint density at radius 3 is 2.80 bits per heavy atom. The average Bonchev–Trinajstić information content (AvgIpc) is 3.63. The van der Waals surface area contributed by atoms with Gasteiger partial charge in [0.05, 0.1) is 5.52 Å². The molecule has 1 aromatic carbocycles. The molecule has 1 aliphatic rings. The van der Waals surface area contributed by atoms with E-state index >= 15 is 0 Å². The van der Waals surface area contributed by atoms with Crippen LogP contribution in [0.25, 0.3) is 16.3 Å². The molecule has 8 heteroatoms. The lowest BCUT2D eigenvalue weighted by Gasteiger charge is -2.15. The highest BCUT2D eigenvalue weighted by molar-refractivity contribution is 5.94. The smallest absolute Gasteiger partial charge is 0.218 e. The van der Waals surface area contributed by atoms with Gasteiger partial charge in [-0.15, -0.1) is 0 Å². The number of benzene rings is 1. The van der Waals surface area contributed by atoms with Crippen LogP contribution in [0.2, 0.25) is 0 Å². The van der Waals surface area contributed by atoms with Crippen molar-refractivity contribution in [3.63, 3.8) is 0 Å². The van der Waals surface area contributed by atoms with Crippen LogP contribution in [0, 0.1) is 13.8 Å². The summed E-state index contributed by atoms with van der Waals surface area (Å²) in [4.78, 5) is 12.8. The Hall–Kier alpha value is -4.20. The van der Waals surface area contributed by atoms with Crippen LogP contribution in [0.1, 0.15) is 46.7 Å². The average molecular weight is 466 g/mol. The van der Waals surface area contributed by atoms with E-state index in [1.165, 1.54) is 35.9 Å². The van der Waals surface area contributed by atoms with E-state index < -0.39 is 0 Å². The zero-order valence-electron chi connectivity index (χ0n) is 19.8. The zero-order chi connectivity index (χ0) is 23.9. The van der Waals surface area contributed by atoms with E-state index in [0.717, 1.165) is 33.5 Å².